The molecule has 0 aliphatic heterocycles. The van der Waals surface area contributed by atoms with Crippen LogP contribution in [0.15, 0.2) is 18.2 Å². The maximum Gasteiger partial charge on any atom is 0.131 e. The van der Waals surface area contributed by atoms with Crippen molar-refractivity contribution in [1.82, 2.24) is 0 Å². The first kappa shape index (κ1) is 18.6. The van der Waals surface area contributed by atoms with Gasteiger partial charge in [-0.15, -0.1) is 0 Å². The summed E-state index contributed by atoms with van der Waals surface area (Å²) in [7, 11) is 0. The summed E-state index contributed by atoms with van der Waals surface area (Å²) in [5.74, 6) is 1.13. The maximum absolute atomic E-state index is 6.63. The molecular formula is C26H34O. The van der Waals surface area contributed by atoms with Gasteiger partial charge in [-0.1, -0.05) is 18.2 Å². The second-order valence-electron chi connectivity index (χ2n) is 9.56. The molecule has 2 aromatic rings. The predicted octanol–water partition coefficient (Wildman–Crippen LogP) is 6.91. The fourth-order valence-corrected chi connectivity index (χ4v) is 5.03. The molecule has 27 heavy (non-hydrogen) atoms. The highest BCUT2D eigenvalue weighted by atomic mass is 16.5. The molecule has 2 aliphatic rings. The normalized spacial score (nSPS) is 16.6. The van der Waals surface area contributed by atoms with Crippen molar-refractivity contribution in [1.29, 1.82) is 0 Å². The fourth-order valence-electron chi connectivity index (χ4n) is 5.03. The van der Waals surface area contributed by atoms with Crippen LogP contribution in [0.4, 0.5) is 0 Å². The van der Waals surface area contributed by atoms with Gasteiger partial charge in [-0.05, 0) is 125 Å². The molecule has 0 unspecified atom stereocenters. The third-order valence-electron chi connectivity index (χ3n) is 6.19. The lowest BCUT2D eigenvalue weighted by atomic mass is 9.78. The van der Waals surface area contributed by atoms with Crippen LogP contribution in [0.3, 0.4) is 0 Å². The molecule has 4 rings (SSSR count). The number of ether oxygens (including phenoxy) is 1. The van der Waals surface area contributed by atoms with Gasteiger partial charge in [0.05, 0.1) is 0 Å². The number of aryl methyl sites for hydroxylation is 4. The molecule has 0 saturated carbocycles. The molecule has 0 N–H and O–H groups in total. The molecule has 0 heterocycles. The van der Waals surface area contributed by atoms with E-state index in [1.807, 2.05) is 0 Å². The molecule has 0 fully saturated rings. The fraction of sp³-hybridized carbons (Fsp3) is 0.538. The minimum absolute atomic E-state index is 0.189. The first-order chi connectivity index (χ1) is 12.8. The van der Waals surface area contributed by atoms with Crippen molar-refractivity contribution >= 4 is 0 Å². The summed E-state index contributed by atoms with van der Waals surface area (Å²) in [4.78, 5) is 0. The molecule has 2 aliphatic carbocycles. The van der Waals surface area contributed by atoms with Crippen LogP contribution >= 0.6 is 0 Å². The minimum atomic E-state index is -0.189. The second-order valence-corrected chi connectivity index (χ2v) is 9.56. The number of hydrogen-bond acceptors (Lipinski definition) is 1. The molecule has 0 radical (unpaired) electrons. The van der Waals surface area contributed by atoms with Crippen molar-refractivity contribution < 1.29 is 4.74 Å². The maximum atomic E-state index is 6.63. The highest BCUT2D eigenvalue weighted by Gasteiger charge is 2.27. The van der Waals surface area contributed by atoms with Gasteiger partial charge in [0.2, 0.25) is 0 Å². The van der Waals surface area contributed by atoms with E-state index in [1.165, 1.54) is 73.6 Å². The van der Waals surface area contributed by atoms with Crippen LogP contribution in [0.25, 0.3) is 11.1 Å². The van der Waals surface area contributed by atoms with Crippen LogP contribution in [0.5, 0.6) is 5.75 Å². The van der Waals surface area contributed by atoms with Gasteiger partial charge >= 0.3 is 0 Å². The summed E-state index contributed by atoms with van der Waals surface area (Å²) >= 11 is 0. The topological polar surface area (TPSA) is 9.23 Å². The van der Waals surface area contributed by atoms with Crippen molar-refractivity contribution in [3.8, 4) is 16.9 Å². The highest BCUT2D eigenvalue weighted by molar-refractivity contribution is 5.83. The first-order valence-electron chi connectivity index (χ1n) is 10.8. The Hall–Kier alpha value is -1.76. The zero-order chi connectivity index (χ0) is 19.2. The lowest BCUT2D eigenvalue weighted by molar-refractivity contribution is 0.130. The van der Waals surface area contributed by atoms with Crippen molar-refractivity contribution in [3.05, 3.63) is 51.6 Å². The predicted molar refractivity (Wildman–Crippen MR) is 115 cm³/mol. The number of benzene rings is 2. The summed E-state index contributed by atoms with van der Waals surface area (Å²) in [6.45, 7) is 11.0. The molecule has 1 nitrogen and oxygen atoms in total. The second kappa shape index (κ2) is 7.00. The van der Waals surface area contributed by atoms with Crippen molar-refractivity contribution in [2.75, 3.05) is 0 Å². The SMILES string of the molecule is Cc1cc2c(c(-c3c(C)ccc4c3CCCC4)c1OC(C)(C)C)CCCC2. The monoisotopic (exact) mass is 362 g/mol. The van der Waals surface area contributed by atoms with Crippen LogP contribution in [0, 0.1) is 13.8 Å². The molecule has 2 aromatic carbocycles. The Morgan fingerprint density at radius 3 is 1.96 bits per heavy atom. The van der Waals surface area contributed by atoms with Crippen molar-refractivity contribution in [2.24, 2.45) is 0 Å². The zero-order valence-electron chi connectivity index (χ0n) is 17.8. The van der Waals surface area contributed by atoms with Gasteiger partial charge in [-0.2, -0.15) is 0 Å². The Bertz CT molecular complexity index is 867. The van der Waals surface area contributed by atoms with Crippen molar-refractivity contribution in [3.63, 3.8) is 0 Å². The van der Waals surface area contributed by atoms with Gasteiger partial charge < -0.3 is 4.74 Å². The first-order valence-corrected chi connectivity index (χ1v) is 10.8. The molecule has 0 atom stereocenters. The molecule has 0 spiro atoms. The van der Waals surface area contributed by atoms with Crippen LogP contribution in [0.1, 0.15) is 79.8 Å². The van der Waals surface area contributed by atoms with E-state index in [9.17, 15) is 0 Å². The minimum Gasteiger partial charge on any atom is -0.487 e. The largest absolute Gasteiger partial charge is 0.487 e. The van der Waals surface area contributed by atoms with Gasteiger partial charge in [0.25, 0.3) is 0 Å². The van der Waals surface area contributed by atoms with E-state index >= 15 is 0 Å². The van der Waals surface area contributed by atoms with Gasteiger partial charge in [0.1, 0.15) is 11.4 Å². The van der Waals surface area contributed by atoms with Crippen LogP contribution in [0.2, 0.25) is 0 Å². The highest BCUT2D eigenvalue weighted by Crippen LogP contribution is 2.46. The van der Waals surface area contributed by atoms with Gasteiger partial charge in [-0.25, -0.2) is 0 Å². The Labute approximate surface area is 165 Å². The van der Waals surface area contributed by atoms with Crippen LogP contribution in [-0.4, -0.2) is 5.60 Å². The van der Waals surface area contributed by atoms with E-state index in [-0.39, 0.29) is 5.60 Å². The quantitative estimate of drug-likeness (QED) is 0.564. The number of hydrogen-bond donors (Lipinski definition) is 0. The average molecular weight is 363 g/mol. The third-order valence-corrected chi connectivity index (χ3v) is 6.19. The average Bonchev–Trinajstić information content (AvgIpc) is 2.62. The summed E-state index contributed by atoms with van der Waals surface area (Å²) in [5.41, 5.74) is 11.7. The van der Waals surface area contributed by atoms with Crippen LogP contribution in [-0.2, 0) is 25.7 Å². The molecular weight excluding hydrogens is 328 g/mol. The van der Waals surface area contributed by atoms with Gasteiger partial charge in [0, 0.05) is 5.56 Å². The number of fused-ring (bicyclic) bond motifs is 2. The van der Waals surface area contributed by atoms with Crippen molar-refractivity contribution in [2.45, 2.75) is 91.6 Å². The van der Waals surface area contributed by atoms with E-state index in [0.717, 1.165) is 5.75 Å². The summed E-state index contributed by atoms with van der Waals surface area (Å²) in [6.07, 6.45) is 10.1. The molecule has 0 bridgehead atoms. The molecule has 0 saturated heterocycles. The third kappa shape index (κ3) is 3.53. The molecule has 0 amide bonds. The van der Waals surface area contributed by atoms with E-state index in [1.54, 1.807) is 22.3 Å². The Kier molecular flexibility index (Phi) is 4.82. The smallest absolute Gasteiger partial charge is 0.131 e. The Morgan fingerprint density at radius 1 is 0.704 bits per heavy atom. The van der Waals surface area contributed by atoms with Gasteiger partial charge in [0.15, 0.2) is 0 Å². The van der Waals surface area contributed by atoms with Crippen LogP contribution < -0.4 is 4.74 Å². The lowest BCUT2D eigenvalue weighted by Crippen LogP contribution is -2.25. The summed E-state index contributed by atoms with van der Waals surface area (Å²) in [6, 6.07) is 7.13. The van der Waals surface area contributed by atoms with E-state index < -0.39 is 0 Å². The van der Waals surface area contributed by atoms with Gasteiger partial charge in [-0.3, -0.25) is 0 Å². The lowest BCUT2D eigenvalue weighted by Gasteiger charge is -2.31. The molecule has 0 aromatic heterocycles. The summed E-state index contributed by atoms with van der Waals surface area (Å²) in [5, 5.41) is 0. The number of rotatable bonds is 2. The van der Waals surface area contributed by atoms with E-state index in [0.29, 0.717) is 0 Å². The Morgan fingerprint density at radius 2 is 1.30 bits per heavy atom. The molecule has 1 heteroatoms. The Balaban J connectivity index is 2.03. The molecule has 144 valence electrons. The van der Waals surface area contributed by atoms with E-state index in [2.05, 4.69) is 52.8 Å². The van der Waals surface area contributed by atoms with E-state index in [4.69, 9.17) is 4.74 Å². The zero-order valence-corrected chi connectivity index (χ0v) is 17.8. The standard InChI is InChI=1S/C26H34O/c1-17-14-15-19-10-6-8-12-21(19)23(17)24-22-13-9-7-11-20(22)16-18(2)25(24)27-26(3,4)5/h14-16H,6-13H2,1-5H3. The summed E-state index contributed by atoms with van der Waals surface area (Å²) < 4.78 is 6.63.